The highest BCUT2D eigenvalue weighted by Crippen LogP contribution is 2.46. The zero-order chi connectivity index (χ0) is 20.0. The van der Waals surface area contributed by atoms with Gasteiger partial charge in [-0.15, -0.1) is 0 Å². The number of hydrogen-bond acceptors (Lipinski definition) is 7. The molecule has 1 aromatic carbocycles. The Hall–Kier alpha value is -3.20. The zero-order valence-electron chi connectivity index (χ0n) is 15.8. The Bertz CT molecular complexity index is 843. The van der Waals surface area contributed by atoms with Gasteiger partial charge in [0.2, 0.25) is 5.75 Å². The molecule has 9 heteroatoms. The van der Waals surface area contributed by atoms with Crippen molar-refractivity contribution in [2.75, 3.05) is 35.5 Å². The average Bonchev–Trinajstić information content (AvgIpc) is 3.03. The summed E-state index contributed by atoms with van der Waals surface area (Å²) in [5.41, 5.74) is 1.98. The molecule has 0 aliphatic rings. The fraction of sp³-hybridized carbons (Fsp3) is 0.333. The highest BCUT2D eigenvalue weighted by Gasteiger charge is 2.26. The first kappa shape index (κ1) is 20.1. The van der Waals surface area contributed by atoms with E-state index in [2.05, 4.69) is 10.1 Å². The monoisotopic (exact) mass is 378 g/mol. The Balaban J connectivity index is 2.87. The van der Waals surface area contributed by atoms with Crippen molar-refractivity contribution in [2.45, 2.75) is 6.61 Å². The topological polar surface area (TPSA) is 112 Å². The number of nitrogens with zero attached hydrogens (tertiary/aromatic N) is 1. The third-order valence-electron chi connectivity index (χ3n) is 3.90. The minimum atomic E-state index is -1.13. The van der Waals surface area contributed by atoms with Crippen molar-refractivity contribution in [3.8, 4) is 28.4 Å². The molecule has 0 saturated heterocycles. The van der Waals surface area contributed by atoms with Crippen molar-refractivity contribution in [3.05, 3.63) is 29.1 Å². The van der Waals surface area contributed by atoms with Gasteiger partial charge in [0.25, 0.3) is 0 Å². The first-order chi connectivity index (χ1) is 13.0. The molecule has 2 rings (SSSR count). The number of carboxylic acids is 1. The lowest BCUT2D eigenvalue weighted by Gasteiger charge is -2.16. The number of methoxy groups -OCH3 is 4. The molecule has 0 atom stereocenters. The first-order valence-corrected chi connectivity index (χ1v) is 7.86. The van der Waals surface area contributed by atoms with Crippen LogP contribution < -0.4 is 14.2 Å². The third-order valence-corrected chi connectivity index (χ3v) is 3.90. The number of ether oxygens (including phenoxy) is 4. The molecule has 0 amide bonds. The summed E-state index contributed by atoms with van der Waals surface area (Å²) in [5, 5.41) is 13.3. The number of aromatic nitrogens is 1. The van der Waals surface area contributed by atoms with Crippen LogP contribution in [-0.2, 0) is 16.2 Å². The molecule has 2 N–H and O–H groups in total. The van der Waals surface area contributed by atoms with Crippen LogP contribution in [0.3, 0.4) is 0 Å². The number of H-pyrrole nitrogens is 1. The molecular weight excluding hydrogens is 356 g/mol. The van der Waals surface area contributed by atoms with Crippen molar-refractivity contribution in [1.82, 2.24) is 4.98 Å². The summed E-state index contributed by atoms with van der Waals surface area (Å²) < 4.78 is 21.5. The van der Waals surface area contributed by atoms with Crippen molar-refractivity contribution in [3.63, 3.8) is 0 Å². The fourth-order valence-corrected chi connectivity index (χ4v) is 2.84. The molecule has 0 spiro atoms. The second kappa shape index (κ2) is 8.95. The Morgan fingerprint density at radius 2 is 1.81 bits per heavy atom. The number of rotatable bonds is 9. The number of aromatic carboxylic acids is 1. The Morgan fingerprint density at radius 3 is 2.33 bits per heavy atom. The number of nitrogens with one attached hydrogen (secondary N) is 1. The van der Waals surface area contributed by atoms with Gasteiger partial charge in [0.05, 0.1) is 39.8 Å². The van der Waals surface area contributed by atoms with Crippen LogP contribution in [0.1, 0.15) is 21.7 Å². The van der Waals surface area contributed by atoms with Crippen molar-refractivity contribution in [2.24, 2.45) is 5.16 Å². The summed E-state index contributed by atoms with van der Waals surface area (Å²) in [6, 6.07) is 3.45. The molecule has 0 saturated carbocycles. The molecule has 9 nitrogen and oxygen atoms in total. The van der Waals surface area contributed by atoms with E-state index in [1.54, 1.807) is 12.1 Å². The Kier molecular flexibility index (Phi) is 6.67. The van der Waals surface area contributed by atoms with Crippen molar-refractivity contribution >= 4 is 12.2 Å². The van der Waals surface area contributed by atoms with Crippen LogP contribution in [0.5, 0.6) is 17.2 Å². The molecule has 146 valence electrons. The number of oxime groups is 1. The lowest BCUT2D eigenvalue weighted by Crippen LogP contribution is -2.03. The van der Waals surface area contributed by atoms with Gasteiger partial charge in [-0.3, -0.25) is 0 Å². The molecule has 0 fully saturated rings. The fourth-order valence-electron chi connectivity index (χ4n) is 2.84. The standard InChI is InChI=1S/C18H22N2O7/c1-23-9-11-14(12(8-19-27-5)20-15(11)18(21)22)10-6-7-13(24-2)17(26-4)16(10)25-3/h6-8,20H,9H2,1-5H3,(H,21,22)/b19-8+. The summed E-state index contributed by atoms with van der Waals surface area (Å²) in [6.45, 7) is 0.0613. The van der Waals surface area contributed by atoms with Gasteiger partial charge in [-0.05, 0) is 12.1 Å². The van der Waals surface area contributed by atoms with E-state index in [0.717, 1.165) is 0 Å². The van der Waals surface area contributed by atoms with E-state index in [1.165, 1.54) is 41.8 Å². The number of benzene rings is 1. The van der Waals surface area contributed by atoms with Crippen LogP contribution in [-0.4, -0.2) is 57.8 Å². The smallest absolute Gasteiger partial charge is 0.352 e. The minimum Gasteiger partial charge on any atom is -0.493 e. The number of aromatic amines is 1. The van der Waals surface area contributed by atoms with Crippen LogP contribution in [0.25, 0.3) is 11.1 Å². The predicted octanol–water partition coefficient (Wildman–Crippen LogP) is 2.53. The van der Waals surface area contributed by atoms with Gasteiger partial charge in [-0.2, -0.15) is 0 Å². The van der Waals surface area contributed by atoms with E-state index >= 15 is 0 Å². The normalized spacial score (nSPS) is 10.9. The molecule has 0 aliphatic heterocycles. The molecule has 0 aliphatic carbocycles. The Morgan fingerprint density at radius 1 is 1.11 bits per heavy atom. The average molecular weight is 378 g/mol. The quantitative estimate of drug-likeness (QED) is 0.509. The van der Waals surface area contributed by atoms with E-state index in [9.17, 15) is 9.90 Å². The third kappa shape index (κ3) is 3.82. The van der Waals surface area contributed by atoms with Gasteiger partial charge in [-0.1, -0.05) is 5.16 Å². The summed E-state index contributed by atoms with van der Waals surface area (Å²) in [4.78, 5) is 19.3. The van der Waals surface area contributed by atoms with Gasteiger partial charge in [0.1, 0.15) is 12.8 Å². The van der Waals surface area contributed by atoms with Gasteiger partial charge in [0.15, 0.2) is 11.5 Å². The van der Waals surface area contributed by atoms with Crippen LogP contribution in [0.4, 0.5) is 0 Å². The number of carboxylic acid groups (broad SMARTS) is 1. The van der Waals surface area contributed by atoms with E-state index in [-0.39, 0.29) is 12.3 Å². The van der Waals surface area contributed by atoms with E-state index < -0.39 is 5.97 Å². The molecule has 1 heterocycles. The Labute approximate surface area is 156 Å². The van der Waals surface area contributed by atoms with Gasteiger partial charge >= 0.3 is 5.97 Å². The maximum absolute atomic E-state index is 11.7. The maximum Gasteiger partial charge on any atom is 0.352 e. The van der Waals surface area contributed by atoms with Gasteiger partial charge in [0, 0.05) is 23.8 Å². The molecule has 27 heavy (non-hydrogen) atoms. The van der Waals surface area contributed by atoms with Crippen LogP contribution >= 0.6 is 0 Å². The van der Waals surface area contributed by atoms with E-state index in [1.807, 2.05) is 0 Å². The van der Waals surface area contributed by atoms with E-state index in [4.69, 9.17) is 23.8 Å². The second-order valence-electron chi connectivity index (χ2n) is 5.30. The van der Waals surface area contributed by atoms with Crippen molar-refractivity contribution < 1.29 is 33.7 Å². The minimum absolute atomic E-state index is 0.0127. The molecule has 2 aromatic rings. The summed E-state index contributed by atoms with van der Waals surface area (Å²) in [5.74, 6) is 0.123. The molecular formula is C18H22N2O7. The predicted molar refractivity (Wildman–Crippen MR) is 98.2 cm³/mol. The van der Waals surface area contributed by atoms with Gasteiger partial charge < -0.3 is 33.9 Å². The second-order valence-corrected chi connectivity index (χ2v) is 5.30. The van der Waals surface area contributed by atoms with Crippen molar-refractivity contribution in [1.29, 1.82) is 0 Å². The SMILES string of the molecule is COCc1c(C(=O)O)[nH]c(/C=N/OC)c1-c1ccc(OC)c(OC)c1OC. The number of carbonyl (C=O) groups is 1. The van der Waals surface area contributed by atoms with Crippen LogP contribution in [0.2, 0.25) is 0 Å². The van der Waals surface area contributed by atoms with Crippen LogP contribution in [0, 0.1) is 0 Å². The highest BCUT2D eigenvalue weighted by atomic mass is 16.6. The lowest BCUT2D eigenvalue weighted by molar-refractivity contribution is 0.0686. The zero-order valence-corrected chi connectivity index (χ0v) is 15.8. The highest BCUT2D eigenvalue weighted by molar-refractivity contribution is 5.99. The molecule has 0 bridgehead atoms. The largest absolute Gasteiger partial charge is 0.493 e. The first-order valence-electron chi connectivity index (χ1n) is 7.86. The van der Waals surface area contributed by atoms with E-state index in [0.29, 0.717) is 39.6 Å². The molecule has 1 aromatic heterocycles. The summed E-state index contributed by atoms with van der Waals surface area (Å²) in [7, 11) is 7.38. The summed E-state index contributed by atoms with van der Waals surface area (Å²) in [6.07, 6.45) is 1.39. The maximum atomic E-state index is 11.7. The molecule has 0 radical (unpaired) electrons. The lowest BCUT2D eigenvalue weighted by atomic mass is 9.98. The molecule has 0 unspecified atom stereocenters. The van der Waals surface area contributed by atoms with Gasteiger partial charge in [-0.25, -0.2) is 4.79 Å². The number of hydrogen-bond donors (Lipinski definition) is 2. The van der Waals surface area contributed by atoms with Crippen LogP contribution in [0.15, 0.2) is 17.3 Å². The summed E-state index contributed by atoms with van der Waals surface area (Å²) >= 11 is 0.